The number of carbonyl (C=O) groups excluding carboxylic acids is 1. The van der Waals surface area contributed by atoms with Crippen molar-refractivity contribution in [1.82, 2.24) is 9.88 Å². The third-order valence-corrected chi connectivity index (χ3v) is 4.17. The zero-order valence-corrected chi connectivity index (χ0v) is 11.7. The van der Waals surface area contributed by atoms with Crippen LogP contribution in [0, 0.1) is 0 Å². The fraction of sp³-hybridized carbons (Fsp3) is 0.294. The van der Waals surface area contributed by atoms with E-state index in [0.29, 0.717) is 5.69 Å². The lowest BCUT2D eigenvalue weighted by molar-refractivity contribution is 0.102. The van der Waals surface area contributed by atoms with E-state index in [2.05, 4.69) is 27.3 Å². The first-order chi connectivity index (χ1) is 10.3. The van der Waals surface area contributed by atoms with Crippen molar-refractivity contribution in [2.24, 2.45) is 0 Å². The van der Waals surface area contributed by atoms with E-state index in [1.807, 2.05) is 12.1 Å². The quantitative estimate of drug-likeness (QED) is 0.939. The molecule has 1 fully saturated rings. The van der Waals surface area contributed by atoms with Crippen molar-refractivity contribution in [3.63, 3.8) is 0 Å². The fourth-order valence-electron chi connectivity index (χ4n) is 2.89. The minimum atomic E-state index is -0.160. The summed E-state index contributed by atoms with van der Waals surface area (Å²) in [5.41, 5.74) is 4.01. The Morgan fingerprint density at radius 2 is 2.00 bits per heavy atom. The number of pyridine rings is 1. The van der Waals surface area contributed by atoms with Crippen molar-refractivity contribution < 1.29 is 4.79 Å². The van der Waals surface area contributed by atoms with E-state index in [1.54, 1.807) is 18.3 Å². The number of hydrogen-bond acceptors (Lipinski definition) is 3. The number of anilines is 1. The number of benzene rings is 1. The molecule has 1 aromatic carbocycles. The van der Waals surface area contributed by atoms with E-state index in [1.165, 1.54) is 24.0 Å². The first kappa shape index (κ1) is 12.5. The molecule has 1 amide bonds. The third kappa shape index (κ3) is 2.54. The Kier molecular flexibility index (Phi) is 2.97. The van der Waals surface area contributed by atoms with Crippen LogP contribution in [0.15, 0.2) is 42.6 Å². The zero-order chi connectivity index (χ0) is 14.2. The second kappa shape index (κ2) is 4.97. The van der Waals surface area contributed by atoms with Gasteiger partial charge in [-0.25, -0.2) is 0 Å². The van der Waals surface area contributed by atoms with Crippen LogP contribution in [0.5, 0.6) is 0 Å². The van der Waals surface area contributed by atoms with Crippen LogP contribution in [0.25, 0.3) is 0 Å². The molecule has 0 atom stereocenters. The van der Waals surface area contributed by atoms with E-state index in [-0.39, 0.29) is 5.91 Å². The SMILES string of the molecule is O=C(Nc1ccc2c(c1)CN(C1CC1)C2)c1ccccn1. The number of carbonyl (C=O) groups is 1. The van der Waals surface area contributed by atoms with Crippen LogP contribution in [-0.2, 0) is 13.1 Å². The molecule has 0 bridgehead atoms. The van der Waals surface area contributed by atoms with Gasteiger partial charge in [-0.15, -0.1) is 0 Å². The van der Waals surface area contributed by atoms with E-state index in [9.17, 15) is 4.79 Å². The molecule has 2 aliphatic rings. The lowest BCUT2D eigenvalue weighted by atomic mass is 10.1. The Morgan fingerprint density at radius 1 is 1.14 bits per heavy atom. The van der Waals surface area contributed by atoms with Crippen LogP contribution in [0.2, 0.25) is 0 Å². The van der Waals surface area contributed by atoms with Gasteiger partial charge in [0.1, 0.15) is 5.69 Å². The van der Waals surface area contributed by atoms with Gasteiger partial charge in [0.05, 0.1) is 0 Å². The molecule has 21 heavy (non-hydrogen) atoms. The normalized spacial score (nSPS) is 17.5. The number of rotatable bonds is 3. The maximum absolute atomic E-state index is 12.1. The number of fused-ring (bicyclic) bond motifs is 1. The van der Waals surface area contributed by atoms with E-state index >= 15 is 0 Å². The van der Waals surface area contributed by atoms with Gasteiger partial charge in [0.2, 0.25) is 0 Å². The summed E-state index contributed by atoms with van der Waals surface area (Å²) in [4.78, 5) is 18.7. The minimum Gasteiger partial charge on any atom is -0.321 e. The topological polar surface area (TPSA) is 45.2 Å². The first-order valence-corrected chi connectivity index (χ1v) is 7.38. The molecule has 2 heterocycles. The lowest BCUT2D eigenvalue weighted by Gasteiger charge is -2.12. The van der Waals surface area contributed by atoms with Gasteiger partial charge >= 0.3 is 0 Å². The molecule has 4 nitrogen and oxygen atoms in total. The van der Waals surface area contributed by atoms with Crippen molar-refractivity contribution in [2.75, 3.05) is 5.32 Å². The summed E-state index contributed by atoms with van der Waals surface area (Å²) in [6, 6.07) is 12.3. The molecular weight excluding hydrogens is 262 g/mol. The van der Waals surface area contributed by atoms with E-state index in [0.717, 1.165) is 24.8 Å². The van der Waals surface area contributed by atoms with Crippen LogP contribution in [0.3, 0.4) is 0 Å². The predicted octanol–water partition coefficient (Wildman–Crippen LogP) is 2.81. The standard InChI is InChI=1S/C17H17N3O/c21-17(16-3-1-2-8-18-16)19-14-5-4-12-10-20(15-6-7-15)11-13(12)9-14/h1-5,8-9,15H,6-7,10-11H2,(H,19,21). The molecule has 4 rings (SSSR count). The average molecular weight is 279 g/mol. The summed E-state index contributed by atoms with van der Waals surface area (Å²) in [6.07, 6.45) is 4.29. The van der Waals surface area contributed by atoms with Crippen LogP contribution in [0.1, 0.15) is 34.5 Å². The Balaban J connectivity index is 1.50. The van der Waals surface area contributed by atoms with Crippen LogP contribution in [-0.4, -0.2) is 21.8 Å². The van der Waals surface area contributed by atoms with Crippen molar-refractivity contribution in [3.8, 4) is 0 Å². The predicted molar refractivity (Wildman–Crippen MR) is 80.9 cm³/mol. The van der Waals surface area contributed by atoms with Crippen LogP contribution >= 0.6 is 0 Å². The number of nitrogens with zero attached hydrogens (tertiary/aromatic N) is 2. The molecule has 1 saturated carbocycles. The molecule has 1 N–H and O–H groups in total. The van der Waals surface area contributed by atoms with Gasteiger partial charge in [0, 0.05) is 31.0 Å². The number of amides is 1. The minimum absolute atomic E-state index is 0.160. The molecular formula is C17H17N3O. The molecule has 0 saturated heterocycles. The van der Waals surface area contributed by atoms with Gasteiger partial charge in [-0.3, -0.25) is 14.7 Å². The molecule has 1 aliphatic carbocycles. The summed E-state index contributed by atoms with van der Waals surface area (Å²) in [5, 5.41) is 2.93. The molecule has 4 heteroatoms. The summed E-state index contributed by atoms with van der Waals surface area (Å²) < 4.78 is 0. The van der Waals surface area contributed by atoms with Gasteiger partial charge in [-0.1, -0.05) is 12.1 Å². The van der Waals surface area contributed by atoms with Crippen molar-refractivity contribution in [1.29, 1.82) is 0 Å². The number of nitrogens with one attached hydrogen (secondary N) is 1. The van der Waals surface area contributed by atoms with Crippen molar-refractivity contribution >= 4 is 11.6 Å². The van der Waals surface area contributed by atoms with Crippen LogP contribution in [0.4, 0.5) is 5.69 Å². The maximum Gasteiger partial charge on any atom is 0.274 e. The lowest BCUT2D eigenvalue weighted by Crippen LogP contribution is -2.18. The first-order valence-electron chi connectivity index (χ1n) is 7.38. The van der Waals surface area contributed by atoms with Crippen molar-refractivity contribution in [2.45, 2.75) is 32.0 Å². The molecule has 0 unspecified atom stereocenters. The van der Waals surface area contributed by atoms with Crippen molar-refractivity contribution in [3.05, 3.63) is 59.4 Å². The van der Waals surface area contributed by atoms with Crippen LogP contribution < -0.4 is 5.32 Å². The second-order valence-electron chi connectivity index (χ2n) is 5.79. The smallest absolute Gasteiger partial charge is 0.274 e. The van der Waals surface area contributed by atoms with Gasteiger partial charge in [-0.05, 0) is 48.2 Å². The highest BCUT2D eigenvalue weighted by atomic mass is 16.1. The summed E-state index contributed by atoms with van der Waals surface area (Å²) in [5.74, 6) is -0.160. The highest BCUT2D eigenvalue weighted by molar-refractivity contribution is 6.02. The molecule has 0 radical (unpaired) electrons. The molecule has 0 spiro atoms. The molecule has 1 aromatic heterocycles. The molecule has 2 aromatic rings. The Hall–Kier alpha value is -2.20. The highest BCUT2D eigenvalue weighted by Gasteiger charge is 2.32. The maximum atomic E-state index is 12.1. The molecule has 1 aliphatic heterocycles. The number of aromatic nitrogens is 1. The highest BCUT2D eigenvalue weighted by Crippen LogP contribution is 2.35. The average Bonchev–Trinajstić information content (AvgIpc) is 3.28. The Bertz CT molecular complexity index is 680. The summed E-state index contributed by atoms with van der Waals surface area (Å²) in [7, 11) is 0. The van der Waals surface area contributed by atoms with Gasteiger partial charge in [0.25, 0.3) is 5.91 Å². The third-order valence-electron chi connectivity index (χ3n) is 4.17. The van der Waals surface area contributed by atoms with E-state index < -0.39 is 0 Å². The summed E-state index contributed by atoms with van der Waals surface area (Å²) >= 11 is 0. The number of hydrogen-bond donors (Lipinski definition) is 1. The summed E-state index contributed by atoms with van der Waals surface area (Å²) in [6.45, 7) is 2.06. The van der Waals surface area contributed by atoms with Gasteiger partial charge in [0.15, 0.2) is 0 Å². The Morgan fingerprint density at radius 3 is 2.76 bits per heavy atom. The monoisotopic (exact) mass is 279 g/mol. The zero-order valence-electron chi connectivity index (χ0n) is 11.7. The van der Waals surface area contributed by atoms with Gasteiger partial charge in [-0.2, -0.15) is 0 Å². The van der Waals surface area contributed by atoms with E-state index in [4.69, 9.17) is 0 Å². The van der Waals surface area contributed by atoms with Gasteiger partial charge < -0.3 is 5.32 Å². The fourth-order valence-corrected chi connectivity index (χ4v) is 2.89. The molecule has 106 valence electrons. The Labute approximate surface area is 123 Å². The largest absolute Gasteiger partial charge is 0.321 e. The second-order valence-corrected chi connectivity index (χ2v) is 5.79.